The van der Waals surface area contributed by atoms with Crippen LogP contribution in [0.2, 0.25) is 0 Å². The molecule has 0 radical (unpaired) electrons. The Labute approximate surface area is 72.1 Å². The molecule has 3 heterocycles. The fourth-order valence-electron chi connectivity index (χ4n) is 3.59. The molecule has 0 spiro atoms. The Morgan fingerprint density at radius 2 is 1.45 bits per heavy atom. The first-order valence-electron chi connectivity index (χ1n) is 5.12. The third-order valence-corrected chi connectivity index (χ3v) is 6.84. The molecular weight excluding hydrogens is 152 g/mol. The maximum Gasteiger partial charge on any atom is -0.0224 e. The third-order valence-electron chi connectivity index (χ3n) is 3.89. The van der Waals surface area contributed by atoms with Gasteiger partial charge >= 0.3 is 0 Å². The Morgan fingerprint density at radius 3 is 2.18 bits per heavy atom. The van der Waals surface area contributed by atoms with Crippen LogP contribution in [0.15, 0.2) is 0 Å². The Bertz CT molecular complexity index is 132. The second kappa shape index (κ2) is 2.42. The Balaban J connectivity index is 1.90. The van der Waals surface area contributed by atoms with E-state index in [9.17, 15) is 0 Å². The molecule has 0 aromatic heterocycles. The van der Waals surface area contributed by atoms with Crippen molar-refractivity contribution in [2.45, 2.75) is 25.7 Å². The molecule has 0 aromatic carbocycles. The van der Waals surface area contributed by atoms with E-state index in [2.05, 4.69) is 0 Å². The summed E-state index contributed by atoms with van der Waals surface area (Å²) in [6.07, 6.45) is 6.47. The highest BCUT2D eigenvalue weighted by Crippen LogP contribution is 2.52. The summed E-state index contributed by atoms with van der Waals surface area (Å²) in [4.78, 5) is 0. The molecular formula is C10H18S. The van der Waals surface area contributed by atoms with Crippen LogP contribution in [0.25, 0.3) is 0 Å². The molecule has 0 amide bonds. The second-order valence-corrected chi connectivity index (χ2v) is 7.37. The number of hydrogen-bond acceptors (Lipinski definition) is 0. The summed E-state index contributed by atoms with van der Waals surface area (Å²) in [7, 11) is 0.554. The molecule has 0 N–H and O–H groups in total. The van der Waals surface area contributed by atoms with Crippen LogP contribution in [-0.4, -0.2) is 17.3 Å². The van der Waals surface area contributed by atoms with E-state index >= 15 is 0 Å². The molecule has 4 bridgehead atoms. The van der Waals surface area contributed by atoms with Crippen molar-refractivity contribution in [2.24, 2.45) is 17.8 Å². The van der Waals surface area contributed by atoms with Crippen LogP contribution in [-0.2, 0) is 0 Å². The molecule has 3 aliphatic heterocycles. The molecule has 1 saturated carbocycles. The van der Waals surface area contributed by atoms with Gasteiger partial charge in [-0.25, -0.2) is 0 Å². The van der Waals surface area contributed by atoms with Gasteiger partial charge in [-0.3, -0.25) is 10.9 Å². The zero-order valence-corrected chi connectivity index (χ0v) is 8.02. The number of thiol groups is 1. The molecule has 11 heavy (non-hydrogen) atoms. The minimum atomic E-state index is 0.554. The zero-order valence-electron chi connectivity index (χ0n) is 7.13. The summed E-state index contributed by atoms with van der Waals surface area (Å²) in [5, 5.41) is 0. The van der Waals surface area contributed by atoms with Crippen LogP contribution in [0.5, 0.6) is 0 Å². The van der Waals surface area contributed by atoms with Gasteiger partial charge in [0.1, 0.15) is 0 Å². The minimum absolute atomic E-state index is 0.554. The molecule has 4 aliphatic rings. The Morgan fingerprint density at radius 1 is 0.818 bits per heavy atom. The van der Waals surface area contributed by atoms with Crippen molar-refractivity contribution in [1.29, 1.82) is 0 Å². The van der Waals surface area contributed by atoms with E-state index in [1.807, 2.05) is 0 Å². The Hall–Kier alpha value is 0.350. The number of hydrogen-bond donors (Lipinski definition) is 1. The van der Waals surface area contributed by atoms with Gasteiger partial charge in [-0.15, -0.1) is 0 Å². The van der Waals surface area contributed by atoms with Crippen molar-refractivity contribution in [2.75, 3.05) is 17.3 Å². The van der Waals surface area contributed by atoms with E-state index in [4.69, 9.17) is 0 Å². The van der Waals surface area contributed by atoms with Gasteiger partial charge in [0.2, 0.25) is 0 Å². The van der Waals surface area contributed by atoms with Gasteiger partial charge in [0.15, 0.2) is 0 Å². The normalized spacial score (nSPS) is 57.8. The van der Waals surface area contributed by atoms with Gasteiger partial charge in [0.25, 0.3) is 0 Å². The standard InChI is InChI=1S/C10H18S/c1-2-11-6-9-3-8(1)4-10(5-9)7-11/h8-11H,1-7H2. The van der Waals surface area contributed by atoms with Crippen molar-refractivity contribution in [1.82, 2.24) is 0 Å². The van der Waals surface area contributed by atoms with Gasteiger partial charge in [0, 0.05) is 0 Å². The van der Waals surface area contributed by atoms with Gasteiger partial charge in [-0.1, -0.05) is 0 Å². The van der Waals surface area contributed by atoms with E-state index in [1.54, 1.807) is 42.9 Å². The smallest absolute Gasteiger partial charge is 0.0224 e. The van der Waals surface area contributed by atoms with Crippen molar-refractivity contribution in [3.63, 3.8) is 0 Å². The molecule has 4 rings (SSSR count). The summed E-state index contributed by atoms with van der Waals surface area (Å²) in [5.41, 5.74) is 0. The van der Waals surface area contributed by atoms with Crippen molar-refractivity contribution < 1.29 is 0 Å². The van der Waals surface area contributed by atoms with Gasteiger partial charge in [0.05, 0.1) is 0 Å². The van der Waals surface area contributed by atoms with Crippen LogP contribution < -0.4 is 0 Å². The van der Waals surface area contributed by atoms with E-state index < -0.39 is 0 Å². The van der Waals surface area contributed by atoms with Gasteiger partial charge in [-0.2, -0.15) is 0 Å². The predicted octanol–water partition coefficient (Wildman–Crippen LogP) is 2.44. The summed E-state index contributed by atoms with van der Waals surface area (Å²) in [6, 6.07) is 0. The van der Waals surface area contributed by atoms with E-state index in [0.717, 1.165) is 0 Å². The topological polar surface area (TPSA) is 0 Å². The first-order valence-corrected chi connectivity index (χ1v) is 7.02. The average Bonchev–Trinajstić information content (AvgIpc) is 2.18. The lowest BCUT2D eigenvalue weighted by atomic mass is 9.75. The largest absolute Gasteiger partial charge is 0.253 e. The molecule has 1 heteroatoms. The van der Waals surface area contributed by atoms with Crippen molar-refractivity contribution >= 4 is 10.9 Å². The molecule has 1 aliphatic carbocycles. The molecule has 64 valence electrons. The monoisotopic (exact) mass is 170 g/mol. The number of rotatable bonds is 0. The van der Waals surface area contributed by atoms with Crippen LogP contribution in [0, 0.1) is 17.8 Å². The highest BCUT2D eigenvalue weighted by Gasteiger charge is 2.37. The highest BCUT2D eigenvalue weighted by atomic mass is 32.2. The van der Waals surface area contributed by atoms with Crippen LogP contribution in [0.4, 0.5) is 0 Å². The molecule has 0 aromatic rings. The number of fused-ring (bicyclic) bond motifs is 1. The lowest BCUT2D eigenvalue weighted by Crippen LogP contribution is -2.28. The average molecular weight is 170 g/mol. The lowest BCUT2D eigenvalue weighted by Gasteiger charge is -2.39. The van der Waals surface area contributed by atoms with Crippen LogP contribution >= 0.6 is 10.9 Å². The summed E-state index contributed by atoms with van der Waals surface area (Å²) in [6.45, 7) is 0. The van der Waals surface area contributed by atoms with Crippen LogP contribution in [0.1, 0.15) is 25.7 Å². The first-order chi connectivity index (χ1) is 5.40. The molecule has 2 atom stereocenters. The quantitative estimate of drug-likeness (QED) is 0.530. The molecule has 4 fully saturated rings. The molecule has 0 nitrogen and oxygen atoms in total. The van der Waals surface area contributed by atoms with E-state index in [-0.39, 0.29) is 0 Å². The van der Waals surface area contributed by atoms with Crippen LogP contribution in [0.3, 0.4) is 0 Å². The van der Waals surface area contributed by atoms with Crippen molar-refractivity contribution in [3.05, 3.63) is 0 Å². The molecule has 3 saturated heterocycles. The summed E-state index contributed by atoms with van der Waals surface area (Å²) < 4.78 is 0. The first kappa shape index (κ1) is 6.82. The Kier molecular flexibility index (Phi) is 1.50. The lowest BCUT2D eigenvalue weighted by molar-refractivity contribution is 0.222. The third kappa shape index (κ3) is 1.12. The minimum Gasteiger partial charge on any atom is -0.253 e. The second-order valence-electron chi connectivity index (χ2n) is 4.85. The van der Waals surface area contributed by atoms with Gasteiger partial charge in [-0.05, 0) is 60.7 Å². The van der Waals surface area contributed by atoms with E-state index in [0.29, 0.717) is 10.9 Å². The maximum atomic E-state index is 1.67. The fourth-order valence-corrected chi connectivity index (χ4v) is 6.89. The van der Waals surface area contributed by atoms with Crippen molar-refractivity contribution in [3.8, 4) is 0 Å². The maximum absolute atomic E-state index is 1.67. The SMILES string of the molecule is C1C[SH]2CC3CC1CC(C3)C2. The van der Waals surface area contributed by atoms with E-state index in [1.165, 1.54) is 17.8 Å². The predicted molar refractivity (Wildman–Crippen MR) is 52.5 cm³/mol. The zero-order chi connectivity index (χ0) is 7.26. The highest BCUT2D eigenvalue weighted by molar-refractivity contribution is 8.17. The fraction of sp³-hybridized carbons (Fsp3) is 1.00. The molecule has 2 unspecified atom stereocenters. The van der Waals surface area contributed by atoms with Gasteiger partial charge < -0.3 is 0 Å². The summed E-state index contributed by atoms with van der Waals surface area (Å²) in [5.74, 6) is 8.55. The summed E-state index contributed by atoms with van der Waals surface area (Å²) >= 11 is 0.